The summed E-state index contributed by atoms with van der Waals surface area (Å²) in [7, 11) is 0. The monoisotopic (exact) mass is 225 g/mol. The molecular formula is C15H31N. The van der Waals surface area contributed by atoms with Gasteiger partial charge in [-0.3, -0.25) is 0 Å². The van der Waals surface area contributed by atoms with Gasteiger partial charge >= 0.3 is 0 Å². The molecular weight excluding hydrogens is 194 g/mol. The maximum absolute atomic E-state index is 6.17. The van der Waals surface area contributed by atoms with Gasteiger partial charge in [0.1, 0.15) is 0 Å². The molecule has 1 saturated carbocycles. The third-order valence-corrected chi connectivity index (χ3v) is 4.10. The van der Waals surface area contributed by atoms with Crippen LogP contribution in [0.4, 0.5) is 0 Å². The first-order chi connectivity index (χ1) is 7.83. The summed E-state index contributed by atoms with van der Waals surface area (Å²) >= 11 is 0. The van der Waals surface area contributed by atoms with Gasteiger partial charge < -0.3 is 5.73 Å². The van der Waals surface area contributed by atoms with Crippen molar-refractivity contribution in [2.75, 3.05) is 0 Å². The third kappa shape index (κ3) is 6.52. The molecule has 0 aromatic carbocycles. The Balaban J connectivity index is 1.87. The second kappa shape index (κ2) is 9.04. The Morgan fingerprint density at radius 2 is 1.69 bits per heavy atom. The molecule has 0 aromatic heterocycles. The van der Waals surface area contributed by atoms with E-state index in [1.165, 1.54) is 77.0 Å². The van der Waals surface area contributed by atoms with E-state index in [0.717, 1.165) is 5.92 Å². The molecule has 1 unspecified atom stereocenters. The molecule has 16 heavy (non-hydrogen) atoms. The second-order valence-corrected chi connectivity index (χ2v) is 5.69. The van der Waals surface area contributed by atoms with Crippen molar-refractivity contribution in [2.45, 2.75) is 90.0 Å². The Morgan fingerprint density at radius 1 is 1.00 bits per heavy atom. The first-order valence-corrected chi connectivity index (χ1v) is 7.58. The zero-order chi connectivity index (χ0) is 11.6. The van der Waals surface area contributed by atoms with Crippen molar-refractivity contribution in [3.05, 3.63) is 0 Å². The van der Waals surface area contributed by atoms with Crippen LogP contribution in [0.15, 0.2) is 0 Å². The summed E-state index contributed by atoms with van der Waals surface area (Å²) < 4.78 is 0. The van der Waals surface area contributed by atoms with Crippen molar-refractivity contribution >= 4 is 0 Å². The van der Waals surface area contributed by atoms with E-state index in [2.05, 4.69) is 6.92 Å². The van der Waals surface area contributed by atoms with E-state index < -0.39 is 0 Å². The van der Waals surface area contributed by atoms with E-state index in [1.54, 1.807) is 0 Å². The SMILES string of the molecule is CCCCCCCC(N)CCC1CCCC1. The van der Waals surface area contributed by atoms with Crippen molar-refractivity contribution in [1.29, 1.82) is 0 Å². The Bertz CT molecular complexity index is 150. The summed E-state index contributed by atoms with van der Waals surface area (Å²) in [5.41, 5.74) is 6.17. The van der Waals surface area contributed by atoms with Crippen LogP contribution in [-0.2, 0) is 0 Å². The van der Waals surface area contributed by atoms with Crippen LogP contribution in [0.3, 0.4) is 0 Å². The topological polar surface area (TPSA) is 26.0 Å². The molecule has 2 N–H and O–H groups in total. The van der Waals surface area contributed by atoms with Crippen molar-refractivity contribution < 1.29 is 0 Å². The van der Waals surface area contributed by atoms with Crippen molar-refractivity contribution in [3.63, 3.8) is 0 Å². The van der Waals surface area contributed by atoms with E-state index >= 15 is 0 Å². The highest BCUT2D eigenvalue weighted by atomic mass is 14.6. The normalized spacial score (nSPS) is 19.1. The standard InChI is InChI=1S/C15H31N/c1-2-3-4-5-6-11-15(16)13-12-14-9-7-8-10-14/h14-15H,2-13,16H2,1H3. The van der Waals surface area contributed by atoms with Gasteiger partial charge in [-0.15, -0.1) is 0 Å². The van der Waals surface area contributed by atoms with E-state index in [9.17, 15) is 0 Å². The molecule has 1 heteroatoms. The fraction of sp³-hybridized carbons (Fsp3) is 1.00. The molecule has 0 aliphatic heterocycles. The number of hydrogen-bond donors (Lipinski definition) is 1. The van der Waals surface area contributed by atoms with Crippen molar-refractivity contribution in [3.8, 4) is 0 Å². The largest absolute Gasteiger partial charge is 0.328 e. The lowest BCUT2D eigenvalue weighted by molar-refractivity contribution is 0.427. The summed E-state index contributed by atoms with van der Waals surface area (Å²) in [5.74, 6) is 1.02. The minimum absolute atomic E-state index is 0.488. The highest BCUT2D eigenvalue weighted by Gasteiger charge is 2.15. The van der Waals surface area contributed by atoms with Crippen LogP contribution in [-0.4, -0.2) is 6.04 Å². The van der Waals surface area contributed by atoms with Crippen molar-refractivity contribution in [2.24, 2.45) is 11.7 Å². The first-order valence-electron chi connectivity index (χ1n) is 7.58. The molecule has 1 aliphatic carbocycles. The molecule has 1 rings (SSSR count). The Morgan fingerprint density at radius 3 is 2.38 bits per heavy atom. The fourth-order valence-corrected chi connectivity index (χ4v) is 2.90. The zero-order valence-corrected chi connectivity index (χ0v) is 11.2. The quantitative estimate of drug-likeness (QED) is 0.568. The van der Waals surface area contributed by atoms with Crippen LogP contribution in [0, 0.1) is 5.92 Å². The smallest absolute Gasteiger partial charge is 0.00389 e. The van der Waals surface area contributed by atoms with E-state index in [4.69, 9.17) is 5.73 Å². The second-order valence-electron chi connectivity index (χ2n) is 5.69. The number of rotatable bonds is 9. The molecule has 0 radical (unpaired) electrons. The van der Waals surface area contributed by atoms with Gasteiger partial charge in [-0.1, -0.05) is 64.7 Å². The predicted octanol–water partition coefficient (Wildman–Crippen LogP) is 4.64. The van der Waals surface area contributed by atoms with Crippen LogP contribution in [0.25, 0.3) is 0 Å². The number of unbranched alkanes of at least 4 members (excludes halogenated alkanes) is 4. The molecule has 0 aromatic rings. The first kappa shape index (κ1) is 14.0. The van der Waals surface area contributed by atoms with Gasteiger partial charge in [-0.2, -0.15) is 0 Å². The predicted molar refractivity (Wildman–Crippen MR) is 72.5 cm³/mol. The summed E-state index contributed by atoms with van der Waals surface area (Å²) in [5, 5.41) is 0. The molecule has 0 spiro atoms. The number of hydrogen-bond acceptors (Lipinski definition) is 1. The third-order valence-electron chi connectivity index (χ3n) is 4.10. The molecule has 1 aliphatic rings. The maximum atomic E-state index is 6.17. The minimum atomic E-state index is 0.488. The Kier molecular flexibility index (Phi) is 7.92. The molecule has 0 bridgehead atoms. The van der Waals surface area contributed by atoms with Gasteiger partial charge in [0.25, 0.3) is 0 Å². The zero-order valence-electron chi connectivity index (χ0n) is 11.2. The average Bonchev–Trinajstić information content (AvgIpc) is 2.79. The molecule has 0 saturated heterocycles. The minimum Gasteiger partial charge on any atom is -0.328 e. The highest BCUT2D eigenvalue weighted by molar-refractivity contribution is 4.70. The van der Waals surface area contributed by atoms with Crippen LogP contribution in [0.1, 0.15) is 84.0 Å². The summed E-state index contributed by atoms with van der Waals surface area (Å²) in [4.78, 5) is 0. The molecule has 1 nitrogen and oxygen atoms in total. The molecule has 1 fully saturated rings. The van der Waals surface area contributed by atoms with Gasteiger partial charge in [0, 0.05) is 6.04 Å². The van der Waals surface area contributed by atoms with Crippen LogP contribution < -0.4 is 5.73 Å². The Labute approximate surface area is 102 Å². The average molecular weight is 225 g/mol. The fourth-order valence-electron chi connectivity index (χ4n) is 2.90. The molecule has 96 valence electrons. The summed E-state index contributed by atoms with van der Waals surface area (Å²) in [6.07, 6.45) is 16.7. The molecule has 0 heterocycles. The van der Waals surface area contributed by atoms with Crippen LogP contribution >= 0.6 is 0 Å². The van der Waals surface area contributed by atoms with Gasteiger partial charge in [-0.25, -0.2) is 0 Å². The van der Waals surface area contributed by atoms with E-state index in [0.29, 0.717) is 6.04 Å². The number of nitrogens with two attached hydrogens (primary N) is 1. The lowest BCUT2D eigenvalue weighted by Gasteiger charge is -2.14. The van der Waals surface area contributed by atoms with Gasteiger partial charge in [0.15, 0.2) is 0 Å². The van der Waals surface area contributed by atoms with Crippen molar-refractivity contribution in [1.82, 2.24) is 0 Å². The summed E-state index contributed by atoms with van der Waals surface area (Å²) in [6, 6.07) is 0.488. The van der Waals surface area contributed by atoms with Gasteiger partial charge in [0.2, 0.25) is 0 Å². The van der Waals surface area contributed by atoms with Crippen LogP contribution in [0.5, 0.6) is 0 Å². The van der Waals surface area contributed by atoms with E-state index in [-0.39, 0.29) is 0 Å². The highest BCUT2D eigenvalue weighted by Crippen LogP contribution is 2.29. The lowest BCUT2D eigenvalue weighted by atomic mass is 9.96. The molecule has 0 amide bonds. The Hall–Kier alpha value is -0.0400. The summed E-state index contributed by atoms with van der Waals surface area (Å²) in [6.45, 7) is 2.27. The maximum Gasteiger partial charge on any atom is 0.00389 e. The van der Waals surface area contributed by atoms with Crippen LogP contribution in [0.2, 0.25) is 0 Å². The molecule has 1 atom stereocenters. The lowest BCUT2D eigenvalue weighted by Crippen LogP contribution is -2.20. The van der Waals surface area contributed by atoms with E-state index in [1.807, 2.05) is 0 Å². The van der Waals surface area contributed by atoms with Gasteiger partial charge in [-0.05, 0) is 25.2 Å². The van der Waals surface area contributed by atoms with Gasteiger partial charge in [0.05, 0.1) is 0 Å².